The van der Waals surface area contributed by atoms with Crippen molar-refractivity contribution in [2.24, 2.45) is 4.99 Å². The molecule has 3 rings (SSSR count). The molecular weight excluding hydrogens is 328 g/mol. The highest BCUT2D eigenvalue weighted by Gasteiger charge is 2.06. The van der Waals surface area contributed by atoms with Gasteiger partial charge in [-0.3, -0.25) is 0 Å². The Morgan fingerprint density at radius 2 is 1.92 bits per heavy atom. The zero-order chi connectivity index (χ0) is 17.8. The molecule has 128 valence electrons. The van der Waals surface area contributed by atoms with Crippen molar-refractivity contribution >= 4 is 17.0 Å². The molecule has 1 heterocycles. The van der Waals surface area contributed by atoms with E-state index in [0.717, 1.165) is 28.3 Å². The van der Waals surface area contributed by atoms with E-state index >= 15 is 0 Å². The van der Waals surface area contributed by atoms with Crippen LogP contribution in [-0.2, 0) is 6.54 Å². The van der Waals surface area contributed by atoms with Crippen LogP contribution in [-0.4, -0.2) is 11.7 Å². The first kappa shape index (κ1) is 17.2. The molecule has 0 unspecified atom stereocenters. The molecule has 0 spiro atoms. The second-order valence-corrected chi connectivity index (χ2v) is 6.89. The largest absolute Gasteiger partial charge is 0.497 e. The summed E-state index contributed by atoms with van der Waals surface area (Å²) in [4.78, 5) is 7.06. The molecular formula is C21H22N2OS. The second kappa shape index (κ2) is 7.53. The van der Waals surface area contributed by atoms with Crippen LogP contribution in [0.2, 0.25) is 0 Å². The predicted molar refractivity (Wildman–Crippen MR) is 106 cm³/mol. The van der Waals surface area contributed by atoms with Crippen molar-refractivity contribution in [1.82, 2.24) is 4.57 Å². The second-order valence-electron chi connectivity index (χ2n) is 5.88. The highest BCUT2D eigenvalue weighted by molar-refractivity contribution is 7.12. The summed E-state index contributed by atoms with van der Waals surface area (Å²) in [7, 11) is 1.68. The van der Waals surface area contributed by atoms with E-state index in [2.05, 4.69) is 61.5 Å². The first-order valence-corrected chi connectivity index (χ1v) is 9.00. The molecule has 0 amide bonds. The van der Waals surface area contributed by atoms with Crippen LogP contribution >= 0.6 is 11.3 Å². The summed E-state index contributed by atoms with van der Waals surface area (Å²) in [5.74, 6) is 0.861. The Morgan fingerprint density at radius 1 is 1.16 bits per heavy atom. The number of ether oxygens (including phenoxy) is 1. The highest BCUT2D eigenvalue weighted by atomic mass is 32.1. The highest BCUT2D eigenvalue weighted by Crippen LogP contribution is 2.26. The monoisotopic (exact) mass is 350 g/mol. The Morgan fingerprint density at radius 3 is 2.60 bits per heavy atom. The summed E-state index contributed by atoms with van der Waals surface area (Å²) < 4.78 is 7.38. The Hall–Kier alpha value is -2.59. The maximum Gasteiger partial charge on any atom is 0.190 e. The first-order valence-electron chi connectivity index (χ1n) is 8.19. The molecule has 0 radical (unpaired) electrons. The van der Waals surface area contributed by atoms with Crippen molar-refractivity contribution in [1.29, 1.82) is 0 Å². The van der Waals surface area contributed by atoms with Crippen molar-refractivity contribution in [2.75, 3.05) is 7.11 Å². The van der Waals surface area contributed by atoms with Crippen LogP contribution in [0.4, 0.5) is 5.69 Å². The number of rotatable bonds is 5. The van der Waals surface area contributed by atoms with Crippen LogP contribution < -0.4 is 9.54 Å². The fourth-order valence-corrected chi connectivity index (χ4v) is 3.60. The van der Waals surface area contributed by atoms with Gasteiger partial charge in [0.2, 0.25) is 0 Å². The smallest absolute Gasteiger partial charge is 0.190 e. The van der Waals surface area contributed by atoms with Gasteiger partial charge >= 0.3 is 0 Å². The molecule has 2 aromatic carbocycles. The number of aryl methyl sites for hydroxylation is 1. The quantitative estimate of drug-likeness (QED) is 0.577. The third kappa shape index (κ3) is 3.74. The molecule has 0 aliphatic heterocycles. The molecule has 4 heteroatoms. The van der Waals surface area contributed by atoms with Crippen LogP contribution in [0.5, 0.6) is 5.75 Å². The van der Waals surface area contributed by atoms with Gasteiger partial charge in [-0.15, -0.1) is 6.58 Å². The van der Waals surface area contributed by atoms with E-state index in [-0.39, 0.29) is 0 Å². The summed E-state index contributed by atoms with van der Waals surface area (Å²) in [5, 5.41) is 0. The van der Waals surface area contributed by atoms with E-state index in [1.165, 1.54) is 16.0 Å². The van der Waals surface area contributed by atoms with Gasteiger partial charge in [0.05, 0.1) is 17.7 Å². The van der Waals surface area contributed by atoms with Gasteiger partial charge < -0.3 is 9.30 Å². The maximum absolute atomic E-state index is 5.24. The molecule has 0 fully saturated rings. The number of hydrogen-bond donors (Lipinski definition) is 0. The van der Waals surface area contributed by atoms with Crippen LogP contribution in [0.3, 0.4) is 0 Å². The molecule has 0 bridgehead atoms. The van der Waals surface area contributed by atoms with Crippen LogP contribution in [0.25, 0.3) is 10.4 Å². The summed E-state index contributed by atoms with van der Waals surface area (Å²) in [6, 6.07) is 14.3. The lowest BCUT2D eigenvalue weighted by Gasteiger charge is -2.03. The maximum atomic E-state index is 5.24. The Labute approximate surface area is 152 Å². The van der Waals surface area contributed by atoms with Gasteiger partial charge in [-0.05, 0) is 60.9 Å². The van der Waals surface area contributed by atoms with Crippen molar-refractivity contribution in [2.45, 2.75) is 20.4 Å². The van der Waals surface area contributed by atoms with Crippen LogP contribution in [0, 0.1) is 13.8 Å². The molecule has 0 aliphatic carbocycles. The molecule has 3 aromatic rings. The molecule has 0 aliphatic rings. The fourth-order valence-electron chi connectivity index (χ4n) is 2.59. The molecule has 25 heavy (non-hydrogen) atoms. The predicted octanol–water partition coefficient (Wildman–Crippen LogP) is 5.26. The van der Waals surface area contributed by atoms with Gasteiger partial charge in [0.25, 0.3) is 0 Å². The van der Waals surface area contributed by atoms with Gasteiger partial charge in [0, 0.05) is 12.7 Å². The Bertz CT molecular complexity index is 949. The third-order valence-electron chi connectivity index (χ3n) is 4.21. The number of aromatic nitrogens is 1. The lowest BCUT2D eigenvalue weighted by molar-refractivity contribution is 0.415. The van der Waals surface area contributed by atoms with Gasteiger partial charge in [0.1, 0.15) is 5.75 Å². The third-order valence-corrected chi connectivity index (χ3v) is 5.28. The number of thiazole rings is 1. The summed E-state index contributed by atoms with van der Waals surface area (Å²) in [6.45, 7) is 8.83. The van der Waals surface area contributed by atoms with E-state index < -0.39 is 0 Å². The van der Waals surface area contributed by atoms with Crippen molar-refractivity contribution in [3.8, 4) is 16.2 Å². The number of nitrogens with zero attached hydrogens (tertiary/aromatic N) is 2. The van der Waals surface area contributed by atoms with Crippen molar-refractivity contribution in [3.63, 3.8) is 0 Å². The summed E-state index contributed by atoms with van der Waals surface area (Å²) >= 11 is 1.68. The first-order chi connectivity index (χ1) is 12.1. The average Bonchev–Trinajstić information content (AvgIpc) is 3.02. The Balaban J connectivity index is 2.09. The summed E-state index contributed by atoms with van der Waals surface area (Å²) in [6.07, 6.45) is 4.03. The average molecular weight is 350 g/mol. The molecule has 0 saturated heterocycles. The van der Waals surface area contributed by atoms with Crippen LogP contribution in [0.1, 0.15) is 11.1 Å². The van der Waals surface area contributed by atoms with Crippen molar-refractivity contribution < 1.29 is 4.74 Å². The van der Waals surface area contributed by atoms with E-state index in [1.807, 2.05) is 18.2 Å². The fraction of sp³-hybridized carbons (Fsp3) is 0.190. The number of allylic oxidation sites excluding steroid dienone is 1. The lowest BCUT2D eigenvalue weighted by Crippen LogP contribution is -2.12. The molecule has 0 atom stereocenters. The van der Waals surface area contributed by atoms with Gasteiger partial charge in [0.15, 0.2) is 4.80 Å². The van der Waals surface area contributed by atoms with E-state index in [0.29, 0.717) is 0 Å². The lowest BCUT2D eigenvalue weighted by atomic mass is 10.1. The Kier molecular flexibility index (Phi) is 5.19. The minimum atomic E-state index is 0.732. The van der Waals surface area contributed by atoms with E-state index in [4.69, 9.17) is 9.73 Å². The normalized spacial score (nSPS) is 11.6. The van der Waals surface area contributed by atoms with Gasteiger partial charge in [-0.1, -0.05) is 29.5 Å². The van der Waals surface area contributed by atoms with Gasteiger partial charge in [-0.25, -0.2) is 4.99 Å². The SMILES string of the molecule is C=CCn1cc(-c2ccc(OC)cc2)sc1=Nc1cccc(C)c1C. The zero-order valence-electron chi connectivity index (χ0n) is 14.8. The molecule has 1 aromatic heterocycles. The molecule has 0 N–H and O–H groups in total. The standard InChI is InChI=1S/C21H22N2OS/c1-5-13-23-14-20(17-9-11-18(24-4)12-10-17)25-21(23)22-19-8-6-7-15(2)16(19)3/h5-12,14H,1,13H2,2-4H3. The number of hydrogen-bond acceptors (Lipinski definition) is 3. The summed E-state index contributed by atoms with van der Waals surface area (Å²) in [5.41, 5.74) is 4.64. The minimum absolute atomic E-state index is 0.732. The van der Waals surface area contributed by atoms with Crippen molar-refractivity contribution in [3.05, 3.63) is 77.2 Å². The van der Waals surface area contributed by atoms with E-state index in [1.54, 1.807) is 18.4 Å². The number of benzene rings is 2. The van der Waals surface area contributed by atoms with Crippen LogP contribution in [0.15, 0.2) is 66.3 Å². The van der Waals surface area contributed by atoms with E-state index in [9.17, 15) is 0 Å². The zero-order valence-corrected chi connectivity index (χ0v) is 15.6. The minimum Gasteiger partial charge on any atom is -0.497 e. The molecule has 3 nitrogen and oxygen atoms in total. The number of methoxy groups -OCH3 is 1. The topological polar surface area (TPSA) is 26.5 Å². The van der Waals surface area contributed by atoms with Gasteiger partial charge in [-0.2, -0.15) is 0 Å². The molecule has 0 saturated carbocycles.